The molecule has 0 unspecified atom stereocenters. The fraction of sp³-hybridized carbons (Fsp3) is 0.531. The summed E-state index contributed by atoms with van der Waals surface area (Å²) in [6.07, 6.45) is 0. The minimum Gasteiger partial charge on any atom is -0.649 e. The number of carbonyl (C=O) groups is 2. The fourth-order valence-electron chi connectivity index (χ4n) is 3.72. The predicted octanol–water partition coefficient (Wildman–Crippen LogP) is 9.00. The molecule has 0 fully saturated rings. The first-order chi connectivity index (χ1) is 16.7. The Morgan fingerprint density at radius 1 is 0.737 bits per heavy atom. The summed E-state index contributed by atoms with van der Waals surface area (Å²) in [7, 11) is 0. The van der Waals surface area contributed by atoms with Gasteiger partial charge in [-0.25, -0.2) is 6.54 Å². The summed E-state index contributed by atoms with van der Waals surface area (Å²) < 4.78 is 0. The molecule has 4 nitrogen and oxygen atoms in total. The third-order valence-electron chi connectivity index (χ3n) is 6.39. The zero-order valence-corrected chi connectivity index (χ0v) is 31.1. The number of hydrogen-bond acceptors (Lipinski definition) is 2. The number of nitrogens with zero attached hydrogens (tertiary/aromatic N) is 2. The van der Waals surface area contributed by atoms with Gasteiger partial charge in [-0.1, -0.05) is 90.0 Å². The molecule has 1 atom stereocenters. The van der Waals surface area contributed by atoms with Crippen LogP contribution in [0.5, 0.6) is 0 Å². The van der Waals surface area contributed by atoms with Crippen molar-refractivity contribution in [2.24, 2.45) is 0 Å². The Kier molecular flexibility index (Phi) is 24.7. The largest absolute Gasteiger partial charge is 2.00 e. The summed E-state index contributed by atoms with van der Waals surface area (Å²) in [5.74, 6) is -0.110. The van der Waals surface area contributed by atoms with E-state index in [9.17, 15) is 9.59 Å². The zero-order chi connectivity index (χ0) is 28.9. The molecule has 0 heterocycles. The van der Waals surface area contributed by atoms with Crippen molar-refractivity contribution in [3.05, 3.63) is 74.1 Å². The molecule has 1 radical (unpaired) electrons. The Bertz CT molecular complexity index is 1020. The summed E-state index contributed by atoms with van der Waals surface area (Å²) in [6, 6.07) is 6.53. The van der Waals surface area contributed by atoms with Gasteiger partial charge < -0.3 is 15.0 Å². The number of hydrogen-bond donors (Lipinski definition) is 0. The summed E-state index contributed by atoms with van der Waals surface area (Å²) >= 11 is 0. The molecule has 2 rings (SSSR count). The number of rotatable bonds is 4. The molecule has 38 heavy (non-hydrogen) atoms. The van der Waals surface area contributed by atoms with Crippen LogP contribution in [-0.4, -0.2) is 11.8 Å². The van der Waals surface area contributed by atoms with E-state index in [1.165, 1.54) is 34.7 Å². The molecule has 2 aromatic carbocycles. The Hall–Kier alpha value is -1.35. The van der Waals surface area contributed by atoms with Gasteiger partial charge in [-0.15, -0.1) is 17.3 Å². The molecule has 0 spiro atoms. The Labute approximate surface area is 261 Å². The number of aryl methyl sites for hydroxylation is 2. The van der Waals surface area contributed by atoms with Gasteiger partial charge in [0.2, 0.25) is 0 Å². The van der Waals surface area contributed by atoms with E-state index in [1.54, 1.807) is 18.4 Å². The van der Waals surface area contributed by atoms with Gasteiger partial charge in [0, 0.05) is 12.8 Å². The molecular formula is C32H50N2O2VW. The Morgan fingerprint density at radius 3 is 1.50 bits per heavy atom. The smallest absolute Gasteiger partial charge is 0.649 e. The van der Waals surface area contributed by atoms with Crippen molar-refractivity contribution in [2.75, 3.05) is 4.90 Å². The van der Waals surface area contributed by atoms with Crippen molar-refractivity contribution in [2.45, 2.75) is 117 Å². The van der Waals surface area contributed by atoms with Gasteiger partial charge in [0.15, 0.2) is 5.91 Å². The van der Waals surface area contributed by atoms with Crippen LogP contribution in [0, 0.1) is 74.1 Å². The number of anilines is 1. The summed E-state index contributed by atoms with van der Waals surface area (Å²) in [5.41, 5.74) is 11.5. The second-order valence-corrected chi connectivity index (χ2v) is 8.48. The van der Waals surface area contributed by atoms with Gasteiger partial charge in [0.25, 0.3) is 0 Å². The first kappa shape index (κ1) is 43.7. The van der Waals surface area contributed by atoms with Crippen molar-refractivity contribution >= 4 is 17.5 Å². The van der Waals surface area contributed by atoms with Gasteiger partial charge in [-0.2, -0.15) is 63.6 Å². The molecule has 0 aromatic heterocycles. The molecule has 0 bridgehead atoms. The molecule has 0 saturated heterocycles. The van der Waals surface area contributed by atoms with Crippen LogP contribution in [0.15, 0.2) is 0 Å². The van der Waals surface area contributed by atoms with E-state index in [4.69, 9.17) is 0 Å². The van der Waals surface area contributed by atoms with Crippen LogP contribution >= 0.6 is 0 Å². The molecule has 211 valence electrons. The first-order valence-electron chi connectivity index (χ1n) is 13.0. The van der Waals surface area contributed by atoms with Gasteiger partial charge in [-0.05, 0) is 6.92 Å². The standard InChI is InChI=1S/C14H20NO.C14H19NO.2C2H6.V.W/c1-8-7-14(12(5)15-13(6)16)11(4)10(3)9(8)2;1-7-15(13(6)16)14-8-9(2)10(3)11(4)12(14)5;2*1-2;;/h12H,1-6H3,(H,15,16);7H,1-6H3;2*1-2H3;;/q-1;-2;;;2*+2/p-1/t12-;;;;;/m1...../s1. The average Bonchev–Trinajstić information content (AvgIpc) is 2.84. The molecule has 2 amide bonds. The molecule has 0 N–H and O–H groups in total. The van der Waals surface area contributed by atoms with Crippen molar-refractivity contribution in [3.8, 4) is 0 Å². The van der Waals surface area contributed by atoms with E-state index in [0.29, 0.717) is 0 Å². The maximum absolute atomic E-state index is 11.5. The maximum atomic E-state index is 11.5. The molecule has 2 aromatic rings. The van der Waals surface area contributed by atoms with E-state index >= 15 is 0 Å². The SMILES string of the molecule is CC.CC.CC(=O)[N-][C@H](C)c1[c-]c(C)c(C)c(C)c1C.C[CH-]N(C(C)=O)c1[c-]c(C)c(C)c(C)c1C.[V+2].[W+2]. The van der Waals surface area contributed by atoms with Crippen LogP contribution in [0.25, 0.3) is 5.32 Å². The monoisotopic (exact) mass is 729 g/mol. The van der Waals surface area contributed by atoms with Crippen molar-refractivity contribution in [1.29, 1.82) is 0 Å². The van der Waals surface area contributed by atoms with Gasteiger partial charge in [0.1, 0.15) is 0 Å². The number of carbonyl (C=O) groups excluding carboxylic acids is 2. The molecule has 0 aliphatic rings. The van der Waals surface area contributed by atoms with Crippen LogP contribution in [0.1, 0.15) is 112 Å². The van der Waals surface area contributed by atoms with Gasteiger partial charge in [-0.3, -0.25) is 4.79 Å². The van der Waals surface area contributed by atoms with E-state index in [0.717, 1.165) is 27.9 Å². The Morgan fingerprint density at radius 2 is 1.13 bits per heavy atom. The summed E-state index contributed by atoms with van der Waals surface area (Å²) in [6.45, 7) is 33.2. The number of benzene rings is 2. The molecule has 0 aliphatic carbocycles. The second-order valence-electron chi connectivity index (χ2n) is 8.48. The van der Waals surface area contributed by atoms with Crippen LogP contribution in [0.3, 0.4) is 0 Å². The van der Waals surface area contributed by atoms with Crippen molar-refractivity contribution in [1.82, 2.24) is 0 Å². The fourth-order valence-corrected chi connectivity index (χ4v) is 3.72. The minimum atomic E-state index is -0.129. The van der Waals surface area contributed by atoms with Crippen LogP contribution < -0.4 is 4.90 Å². The molecule has 0 saturated carbocycles. The van der Waals surface area contributed by atoms with E-state index in [-0.39, 0.29) is 57.5 Å². The number of amides is 2. The molecular weight excluding hydrogens is 679 g/mol. The molecule has 0 aliphatic heterocycles. The third-order valence-corrected chi connectivity index (χ3v) is 6.39. The van der Waals surface area contributed by atoms with Crippen LogP contribution in [-0.2, 0) is 49.2 Å². The zero-order valence-electron chi connectivity index (χ0n) is 26.7. The quantitative estimate of drug-likeness (QED) is 0.295. The normalized spacial score (nSPS) is 9.89. The first-order valence-corrected chi connectivity index (χ1v) is 13.0. The average molecular weight is 730 g/mol. The summed E-state index contributed by atoms with van der Waals surface area (Å²) in [4.78, 5) is 24.2. The Balaban J connectivity index is -0.000000257. The van der Waals surface area contributed by atoms with E-state index in [2.05, 4.69) is 52.1 Å². The molecule has 6 heteroatoms. The van der Waals surface area contributed by atoms with E-state index in [1.807, 2.05) is 62.3 Å². The van der Waals surface area contributed by atoms with Gasteiger partial charge >= 0.3 is 39.6 Å². The maximum Gasteiger partial charge on any atom is 2.00 e. The van der Waals surface area contributed by atoms with Gasteiger partial charge in [0.05, 0.1) is 0 Å². The second kappa shape index (κ2) is 21.5. The van der Waals surface area contributed by atoms with E-state index < -0.39 is 0 Å². The topological polar surface area (TPSA) is 51.5 Å². The third kappa shape index (κ3) is 12.2. The predicted molar refractivity (Wildman–Crippen MR) is 157 cm³/mol. The van der Waals surface area contributed by atoms with Crippen molar-refractivity contribution in [3.63, 3.8) is 0 Å². The van der Waals surface area contributed by atoms with Crippen molar-refractivity contribution < 1.29 is 49.2 Å². The van der Waals surface area contributed by atoms with Crippen LogP contribution in [0.2, 0.25) is 0 Å². The van der Waals surface area contributed by atoms with Crippen LogP contribution in [0.4, 0.5) is 5.69 Å². The minimum absolute atomic E-state index is 0. The summed E-state index contributed by atoms with van der Waals surface area (Å²) in [5, 5.41) is 4.05.